The topological polar surface area (TPSA) is 114 Å². The fourth-order valence-electron chi connectivity index (χ4n) is 2.33. The van der Waals surface area contributed by atoms with Gasteiger partial charge in [0.2, 0.25) is 0 Å². The molecule has 0 aliphatic heterocycles. The molecule has 0 fully saturated rings. The highest BCUT2D eigenvalue weighted by molar-refractivity contribution is 7.12. The largest absolute Gasteiger partial charge is 0.321 e. The Morgan fingerprint density at radius 1 is 1.04 bits per heavy atom. The highest BCUT2D eigenvalue weighted by Crippen LogP contribution is 2.18. The van der Waals surface area contributed by atoms with Gasteiger partial charge >= 0.3 is 0 Å². The normalized spacial score (nSPS) is 10.6. The molecule has 2 amide bonds. The van der Waals surface area contributed by atoms with E-state index in [9.17, 15) is 19.7 Å². The summed E-state index contributed by atoms with van der Waals surface area (Å²) in [7, 11) is 0. The van der Waals surface area contributed by atoms with E-state index in [0.717, 1.165) is 0 Å². The zero-order chi connectivity index (χ0) is 19.9. The van der Waals surface area contributed by atoms with Gasteiger partial charge in [0.05, 0.1) is 27.3 Å². The van der Waals surface area contributed by atoms with E-state index >= 15 is 0 Å². The van der Waals surface area contributed by atoms with Crippen LogP contribution in [0, 0.1) is 10.1 Å². The van der Waals surface area contributed by atoms with Crippen molar-refractivity contribution >= 4 is 40.7 Å². The van der Waals surface area contributed by atoms with Crippen molar-refractivity contribution in [1.29, 1.82) is 0 Å². The Labute approximate surface area is 163 Å². The van der Waals surface area contributed by atoms with Crippen molar-refractivity contribution in [3.8, 4) is 0 Å². The number of nitro groups is 1. The first-order valence-corrected chi connectivity index (χ1v) is 8.94. The molecule has 0 radical (unpaired) electrons. The Morgan fingerprint density at radius 3 is 2.61 bits per heavy atom. The van der Waals surface area contributed by atoms with Gasteiger partial charge in [-0.1, -0.05) is 30.3 Å². The molecule has 3 rings (SSSR count). The molecule has 0 saturated carbocycles. The van der Waals surface area contributed by atoms with Crippen molar-refractivity contribution in [1.82, 2.24) is 5.43 Å². The van der Waals surface area contributed by atoms with Gasteiger partial charge in [0.1, 0.15) is 0 Å². The molecule has 0 spiro atoms. The zero-order valence-corrected chi connectivity index (χ0v) is 15.2. The number of thiophene rings is 1. The van der Waals surface area contributed by atoms with Crippen molar-refractivity contribution in [2.75, 3.05) is 5.32 Å². The number of nitrogens with one attached hydrogen (secondary N) is 2. The van der Waals surface area contributed by atoms with Crippen LogP contribution in [0.1, 0.15) is 25.6 Å². The van der Waals surface area contributed by atoms with Crippen LogP contribution >= 0.6 is 11.3 Å². The number of nitrogens with zero attached hydrogens (tertiary/aromatic N) is 2. The lowest BCUT2D eigenvalue weighted by molar-refractivity contribution is -0.384. The third-order valence-electron chi connectivity index (χ3n) is 3.63. The van der Waals surface area contributed by atoms with E-state index in [1.54, 1.807) is 47.8 Å². The summed E-state index contributed by atoms with van der Waals surface area (Å²) in [6.45, 7) is 0. The molecule has 1 heterocycles. The lowest BCUT2D eigenvalue weighted by Gasteiger charge is -2.09. The third kappa shape index (κ3) is 4.65. The number of anilines is 1. The molecular formula is C19H14N4O4S. The molecule has 140 valence electrons. The first-order chi connectivity index (χ1) is 13.5. The highest BCUT2D eigenvalue weighted by atomic mass is 32.1. The van der Waals surface area contributed by atoms with E-state index in [1.165, 1.54) is 35.8 Å². The summed E-state index contributed by atoms with van der Waals surface area (Å²) < 4.78 is 0. The van der Waals surface area contributed by atoms with Gasteiger partial charge in [0.25, 0.3) is 17.5 Å². The van der Waals surface area contributed by atoms with Crippen LogP contribution in [-0.4, -0.2) is 23.0 Å². The van der Waals surface area contributed by atoms with Crippen molar-refractivity contribution in [3.05, 3.63) is 92.2 Å². The number of non-ortho nitro benzene ring substituents is 1. The van der Waals surface area contributed by atoms with E-state index in [1.807, 2.05) is 0 Å². The third-order valence-corrected chi connectivity index (χ3v) is 4.49. The fourth-order valence-corrected chi connectivity index (χ4v) is 2.95. The maximum atomic E-state index is 12.4. The second kappa shape index (κ2) is 8.69. The minimum absolute atomic E-state index is 0.0723. The maximum absolute atomic E-state index is 12.4. The number of benzene rings is 2. The molecule has 3 aromatic rings. The van der Waals surface area contributed by atoms with Gasteiger partial charge in [0.15, 0.2) is 0 Å². The number of nitro benzene ring substituents is 1. The van der Waals surface area contributed by atoms with Crippen molar-refractivity contribution in [2.24, 2.45) is 5.10 Å². The van der Waals surface area contributed by atoms with Gasteiger partial charge in [-0.05, 0) is 23.6 Å². The lowest BCUT2D eigenvalue weighted by Crippen LogP contribution is -2.21. The average Bonchev–Trinajstić information content (AvgIpc) is 3.23. The molecular weight excluding hydrogens is 380 g/mol. The number of carbonyl (C=O) groups is 2. The van der Waals surface area contributed by atoms with E-state index in [2.05, 4.69) is 15.8 Å². The van der Waals surface area contributed by atoms with Crippen LogP contribution in [0.3, 0.4) is 0 Å². The number of para-hydroxylation sites is 1. The van der Waals surface area contributed by atoms with Crippen molar-refractivity contribution in [3.63, 3.8) is 0 Å². The van der Waals surface area contributed by atoms with E-state index < -0.39 is 10.8 Å². The second-order valence-corrected chi connectivity index (χ2v) is 6.48. The Balaban J connectivity index is 1.70. The molecule has 28 heavy (non-hydrogen) atoms. The number of carbonyl (C=O) groups excluding carboxylic acids is 2. The molecule has 2 aromatic carbocycles. The summed E-state index contributed by atoms with van der Waals surface area (Å²) >= 11 is 1.30. The first-order valence-electron chi connectivity index (χ1n) is 8.06. The van der Waals surface area contributed by atoms with Gasteiger partial charge in [-0.3, -0.25) is 19.7 Å². The molecule has 2 N–H and O–H groups in total. The summed E-state index contributed by atoms with van der Waals surface area (Å²) in [4.78, 5) is 35.4. The second-order valence-electron chi connectivity index (χ2n) is 5.53. The van der Waals surface area contributed by atoms with Gasteiger partial charge in [-0.25, -0.2) is 5.43 Å². The van der Waals surface area contributed by atoms with Crippen LogP contribution in [-0.2, 0) is 0 Å². The lowest BCUT2D eigenvalue weighted by atomic mass is 10.1. The van der Waals surface area contributed by atoms with Crippen LogP contribution in [0.5, 0.6) is 0 Å². The van der Waals surface area contributed by atoms with Crippen LogP contribution in [0.4, 0.5) is 11.4 Å². The van der Waals surface area contributed by atoms with E-state index in [4.69, 9.17) is 0 Å². The molecule has 0 saturated heterocycles. The van der Waals surface area contributed by atoms with Crippen LogP contribution < -0.4 is 10.7 Å². The maximum Gasteiger partial charge on any atom is 0.273 e. The van der Waals surface area contributed by atoms with Crippen LogP contribution in [0.15, 0.2) is 71.1 Å². The monoisotopic (exact) mass is 394 g/mol. The van der Waals surface area contributed by atoms with Crippen molar-refractivity contribution < 1.29 is 14.5 Å². The predicted molar refractivity (Wildman–Crippen MR) is 107 cm³/mol. The van der Waals surface area contributed by atoms with Crippen LogP contribution in [0.25, 0.3) is 0 Å². The molecule has 0 unspecified atom stereocenters. The van der Waals surface area contributed by atoms with E-state index in [0.29, 0.717) is 16.1 Å². The summed E-state index contributed by atoms with van der Waals surface area (Å²) in [6, 6.07) is 15.8. The minimum atomic E-state index is -0.524. The highest BCUT2D eigenvalue weighted by Gasteiger charge is 2.14. The average molecular weight is 394 g/mol. The number of amides is 2. The fraction of sp³-hybridized carbons (Fsp3) is 0. The molecule has 8 nitrogen and oxygen atoms in total. The van der Waals surface area contributed by atoms with Crippen LogP contribution in [0.2, 0.25) is 0 Å². The Morgan fingerprint density at radius 2 is 1.86 bits per heavy atom. The molecule has 0 aliphatic carbocycles. The molecule has 0 bridgehead atoms. The zero-order valence-electron chi connectivity index (χ0n) is 14.4. The number of rotatable bonds is 6. The van der Waals surface area contributed by atoms with E-state index in [-0.39, 0.29) is 17.2 Å². The summed E-state index contributed by atoms with van der Waals surface area (Å²) in [5, 5.41) is 19.1. The standard InChI is InChI=1S/C19H14N4O4S/c24-18(22-20-12-13-5-3-6-14(11-13)23(26)27)15-7-1-2-8-16(15)21-19(25)17-9-4-10-28-17/h1-12H,(H,21,25)(H,22,24)/b20-12-. The molecule has 0 atom stereocenters. The summed E-state index contributed by atoms with van der Waals surface area (Å²) in [5.41, 5.74) is 3.34. The quantitative estimate of drug-likeness (QED) is 0.377. The summed E-state index contributed by atoms with van der Waals surface area (Å²) in [5.74, 6) is -0.834. The Kier molecular flexibility index (Phi) is 5.87. The minimum Gasteiger partial charge on any atom is -0.321 e. The smallest absolute Gasteiger partial charge is 0.273 e. The Hall–Kier alpha value is -3.85. The van der Waals surface area contributed by atoms with Crippen molar-refractivity contribution in [2.45, 2.75) is 0 Å². The molecule has 9 heteroatoms. The number of hydrazone groups is 1. The van der Waals surface area contributed by atoms with Gasteiger partial charge < -0.3 is 5.32 Å². The van der Waals surface area contributed by atoms with Gasteiger partial charge in [0, 0.05) is 17.7 Å². The predicted octanol–water partition coefficient (Wildman–Crippen LogP) is 3.67. The molecule has 1 aromatic heterocycles. The number of hydrogen-bond acceptors (Lipinski definition) is 6. The Bertz CT molecular complexity index is 1050. The van der Waals surface area contributed by atoms with Gasteiger partial charge in [-0.2, -0.15) is 5.10 Å². The SMILES string of the molecule is O=C(Nc1ccccc1C(=O)N/N=C\c1cccc([N+](=O)[O-])c1)c1cccs1. The van der Waals surface area contributed by atoms with Gasteiger partial charge in [-0.15, -0.1) is 11.3 Å². The first kappa shape index (κ1) is 18.9. The molecule has 0 aliphatic rings. The number of hydrogen-bond donors (Lipinski definition) is 2. The summed E-state index contributed by atoms with van der Waals surface area (Å²) in [6.07, 6.45) is 1.30.